The van der Waals surface area contributed by atoms with Crippen molar-refractivity contribution in [2.24, 2.45) is 0 Å². The summed E-state index contributed by atoms with van der Waals surface area (Å²) in [5.41, 5.74) is 4.76. The monoisotopic (exact) mass is 310 g/mol. The van der Waals surface area contributed by atoms with Crippen LogP contribution in [0.25, 0.3) is 0 Å². The van der Waals surface area contributed by atoms with E-state index in [-0.39, 0.29) is 0 Å². The molecule has 1 fully saturated rings. The van der Waals surface area contributed by atoms with Crippen LogP contribution in [-0.4, -0.2) is 41.6 Å². The number of piperazine rings is 1. The molecule has 0 aliphatic carbocycles. The first-order valence-corrected chi connectivity index (χ1v) is 8.31. The lowest BCUT2D eigenvalue weighted by molar-refractivity contribution is 0.0827. The third-order valence-corrected chi connectivity index (χ3v) is 4.95. The van der Waals surface area contributed by atoms with Gasteiger partial charge < -0.3 is 10.0 Å². The first-order chi connectivity index (χ1) is 11.0. The highest BCUT2D eigenvalue weighted by molar-refractivity contribution is 5.41. The quantitative estimate of drug-likeness (QED) is 0.940. The third kappa shape index (κ3) is 3.57. The molecule has 1 saturated heterocycles. The summed E-state index contributed by atoms with van der Waals surface area (Å²) >= 11 is 0. The van der Waals surface area contributed by atoms with E-state index in [4.69, 9.17) is 0 Å². The van der Waals surface area contributed by atoms with E-state index >= 15 is 0 Å². The highest BCUT2D eigenvalue weighted by atomic mass is 16.3. The summed E-state index contributed by atoms with van der Waals surface area (Å²) < 4.78 is 0. The lowest BCUT2D eigenvalue weighted by atomic mass is 10.00. The number of rotatable bonds is 3. The van der Waals surface area contributed by atoms with Crippen molar-refractivity contribution in [2.45, 2.75) is 26.4 Å². The van der Waals surface area contributed by atoms with Crippen LogP contribution < -0.4 is 0 Å². The minimum Gasteiger partial charge on any atom is -0.508 e. The van der Waals surface area contributed by atoms with Crippen LogP contribution in [0.4, 0.5) is 0 Å². The Balaban J connectivity index is 1.86. The van der Waals surface area contributed by atoms with Crippen LogP contribution in [0, 0.1) is 13.8 Å². The lowest BCUT2D eigenvalue weighted by Crippen LogP contribution is -2.46. The molecule has 2 aromatic rings. The Kier molecular flexibility index (Phi) is 4.69. The summed E-state index contributed by atoms with van der Waals surface area (Å²) in [5, 5.41) is 10.3. The fourth-order valence-corrected chi connectivity index (χ4v) is 3.34. The molecule has 1 atom stereocenters. The van der Waals surface area contributed by atoms with Crippen LogP contribution in [0.15, 0.2) is 42.5 Å². The van der Waals surface area contributed by atoms with Gasteiger partial charge in [0.05, 0.1) is 0 Å². The van der Waals surface area contributed by atoms with Gasteiger partial charge in [0, 0.05) is 37.8 Å². The van der Waals surface area contributed by atoms with Gasteiger partial charge in [0.15, 0.2) is 0 Å². The maximum Gasteiger partial charge on any atom is 0.120 e. The van der Waals surface area contributed by atoms with E-state index in [1.165, 1.54) is 11.1 Å². The molecule has 1 N–H and O–H groups in total. The van der Waals surface area contributed by atoms with Crippen molar-refractivity contribution in [3.05, 3.63) is 64.7 Å². The third-order valence-electron chi connectivity index (χ3n) is 4.95. The fourth-order valence-electron chi connectivity index (χ4n) is 3.34. The largest absolute Gasteiger partial charge is 0.508 e. The van der Waals surface area contributed by atoms with Gasteiger partial charge in [-0.2, -0.15) is 0 Å². The van der Waals surface area contributed by atoms with Crippen LogP contribution in [0.2, 0.25) is 0 Å². The Morgan fingerprint density at radius 2 is 1.74 bits per heavy atom. The van der Waals surface area contributed by atoms with Crippen molar-refractivity contribution in [1.29, 1.82) is 0 Å². The van der Waals surface area contributed by atoms with Gasteiger partial charge in [-0.25, -0.2) is 0 Å². The molecular formula is C20H26N2O. The number of aromatic hydroxyl groups is 1. The first kappa shape index (κ1) is 16.0. The second-order valence-electron chi connectivity index (χ2n) is 6.72. The van der Waals surface area contributed by atoms with Crippen molar-refractivity contribution < 1.29 is 5.11 Å². The predicted octanol–water partition coefficient (Wildman–Crippen LogP) is 3.50. The zero-order valence-corrected chi connectivity index (χ0v) is 14.3. The number of hydrogen-bond donors (Lipinski definition) is 1. The second-order valence-corrected chi connectivity index (χ2v) is 6.72. The number of phenolic OH excluding ortho intramolecular Hbond substituents is 1. The Bertz CT molecular complexity index is 669. The Morgan fingerprint density at radius 3 is 2.48 bits per heavy atom. The van der Waals surface area contributed by atoms with Gasteiger partial charge in [-0.1, -0.05) is 36.4 Å². The molecule has 0 spiro atoms. The van der Waals surface area contributed by atoms with Crippen molar-refractivity contribution in [3.63, 3.8) is 0 Å². The zero-order chi connectivity index (χ0) is 16.4. The predicted molar refractivity (Wildman–Crippen MR) is 94.7 cm³/mol. The molecule has 2 aromatic carbocycles. The summed E-state index contributed by atoms with van der Waals surface area (Å²) in [5.74, 6) is 0.416. The number of likely N-dealkylation sites (N-methyl/N-ethyl adjacent to an activating group) is 1. The molecule has 23 heavy (non-hydrogen) atoms. The van der Waals surface area contributed by atoms with Crippen molar-refractivity contribution in [3.8, 4) is 5.75 Å². The van der Waals surface area contributed by atoms with Gasteiger partial charge in [-0.3, -0.25) is 4.90 Å². The molecule has 3 nitrogen and oxygen atoms in total. The molecule has 3 rings (SSSR count). The Morgan fingerprint density at radius 1 is 1.04 bits per heavy atom. The number of nitrogens with zero attached hydrogens (tertiary/aromatic N) is 2. The molecule has 0 saturated carbocycles. The number of hydrogen-bond acceptors (Lipinski definition) is 3. The molecule has 0 radical (unpaired) electrons. The summed E-state index contributed by atoms with van der Waals surface area (Å²) in [6, 6.07) is 15.1. The SMILES string of the molecule is Cc1cc(O)c(CN2CCN(C)CC2c2ccccc2)cc1C. The highest BCUT2D eigenvalue weighted by Crippen LogP contribution is 2.30. The molecule has 1 unspecified atom stereocenters. The fraction of sp³-hybridized carbons (Fsp3) is 0.400. The molecule has 1 aliphatic heterocycles. The van der Waals surface area contributed by atoms with Crippen LogP contribution in [0.3, 0.4) is 0 Å². The number of benzene rings is 2. The van der Waals surface area contributed by atoms with E-state index in [9.17, 15) is 5.11 Å². The number of aryl methyl sites for hydroxylation is 2. The Labute approximate surface area is 139 Å². The average molecular weight is 310 g/mol. The van der Waals surface area contributed by atoms with E-state index in [1.807, 2.05) is 13.0 Å². The minimum atomic E-state index is 0.371. The smallest absolute Gasteiger partial charge is 0.120 e. The van der Waals surface area contributed by atoms with E-state index < -0.39 is 0 Å². The van der Waals surface area contributed by atoms with Gasteiger partial charge in [0.25, 0.3) is 0 Å². The van der Waals surface area contributed by atoms with Gasteiger partial charge in [0.1, 0.15) is 5.75 Å². The Hall–Kier alpha value is -1.84. The van der Waals surface area contributed by atoms with Crippen molar-refractivity contribution in [2.75, 3.05) is 26.7 Å². The minimum absolute atomic E-state index is 0.371. The molecule has 0 bridgehead atoms. The van der Waals surface area contributed by atoms with E-state index in [1.54, 1.807) is 0 Å². The summed E-state index contributed by atoms with van der Waals surface area (Å²) in [4.78, 5) is 4.87. The molecule has 1 heterocycles. The van der Waals surface area contributed by atoms with E-state index in [0.717, 1.165) is 37.3 Å². The molecule has 1 aliphatic rings. The number of phenols is 1. The first-order valence-electron chi connectivity index (χ1n) is 8.31. The normalized spacial score (nSPS) is 19.9. The van der Waals surface area contributed by atoms with Crippen LogP contribution in [0.1, 0.15) is 28.3 Å². The van der Waals surface area contributed by atoms with Gasteiger partial charge >= 0.3 is 0 Å². The van der Waals surface area contributed by atoms with Crippen LogP contribution in [0.5, 0.6) is 5.75 Å². The van der Waals surface area contributed by atoms with E-state index in [0.29, 0.717) is 11.8 Å². The van der Waals surface area contributed by atoms with E-state index in [2.05, 4.69) is 60.2 Å². The average Bonchev–Trinajstić information content (AvgIpc) is 2.55. The summed E-state index contributed by atoms with van der Waals surface area (Å²) in [6.45, 7) is 8.05. The second kappa shape index (κ2) is 6.73. The highest BCUT2D eigenvalue weighted by Gasteiger charge is 2.27. The molecule has 122 valence electrons. The standard InChI is InChI=1S/C20H26N2O/c1-15-11-18(20(23)12-16(15)2)13-22-10-9-21(3)14-19(22)17-7-5-4-6-8-17/h4-8,11-12,19,23H,9-10,13-14H2,1-3H3. The van der Waals surface area contributed by atoms with Crippen LogP contribution in [-0.2, 0) is 6.54 Å². The lowest BCUT2D eigenvalue weighted by Gasteiger charge is -2.40. The summed E-state index contributed by atoms with van der Waals surface area (Å²) in [7, 11) is 2.18. The van der Waals surface area contributed by atoms with Gasteiger partial charge in [0.2, 0.25) is 0 Å². The molecule has 0 amide bonds. The zero-order valence-electron chi connectivity index (χ0n) is 14.3. The maximum absolute atomic E-state index is 10.3. The molecular weight excluding hydrogens is 284 g/mol. The maximum atomic E-state index is 10.3. The van der Waals surface area contributed by atoms with Crippen molar-refractivity contribution in [1.82, 2.24) is 9.80 Å². The summed E-state index contributed by atoms with van der Waals surface area (Å²) in [6.07, 6.45) is 0. The van der Waals surface area contributed by atoms with Crippen molar-refractivity contribution >= 4 is 0 Å². The molecule has 0 aromatic heterocycles. The van der Waals surface area contributed by atoms with Gasteiger partial charge in [-0.15, -0.1) is 0 Å². The van der Waals surface area contributed by atoms with Gasteiger partial charge in [-0.05, 0) is 43.7 Å². The molecule has 3 heteroatoms. The topological polar surface area (TPSA) is 26.7 Å². The van der Waals surface area contributed by atoms with Crippen LogP contribution >= 0.6 is 0 Å².